The van der Waals surface area contributed by atoms with Crippen LogP contribution in [0.3, 0.4) is 0 Å². The van der Waals surface area contributed by atoms with Crippen molar-refractivity contribution < 1.29 is 9.59 Å². The van der Waals surface area contributed by atoms with Gasteiger partial charge in [-0.05, 0) is 31.2 Å². The summed E-state index contributed by atoms with van der Waals surface area (Å²) < 4.78 is 0. The summed E-state index contributed by atoms with van der Waals surface area (Å²) in [6, 6.07) is 10.3. The molecule has 1 saturated carbocycles. The van der Waals surface area contributed by atoms with Gasteiger partial charge in [0, 0.05) is 19.0 Å². The van der Waals surface area contributed by atoms with Crippen molar-refractivity contribution >= 4 is 11.8 Å². The number of β-lactam (4-membered cyclic amide) rings is 1. The molecule has 0 aromatic heterocycles. The largest absolute Gasteiger partial charge is 0.348 e. The fraction of sp³-hybridized carbons (Fsp3) is 0.529. The van der Waals surface area contributed by atoms with Crippen LogP contribution in [0.15, 0.2) is 30.3 Å². The van der Waals surface area contributed by atoms with Gasteiger partial charge in [0.05, 0.1) is 11.5 Å². The second-order valence-corrected chi connectivity index (χ2v) is 6.57. The maximum Gasteiger partial charge on any atom is 0.229 e. The minimum Gasteiger partial charge on any atom is -0.348 e. The van der Waals surface area contributed by atoms with E-state index in [4.69, 9.17) is 0 Å². The maximum absolute atomic E-state index is 12.2. The second kappa shape index (κ2) is 4.58. The number of amides is 2. The summed E-state index contributed by atoms with van der Waals surface area (Å²) in [4.78, 5) is 26.3. The van der Waals surface area contributed by atoms with Gasteiger partial charge < -0.3 is 10.2 Å². The normalized spacial score (nSPS) is 27.1. The Bertz CT molecular complexity index is 572. The number of hydrogen-bond donors (Lipinski definition) is 1. The Morgan fingerprint density at radius 2 is 1.81 bits per heavy atom. The number of nitrogens with zero attached hydrogens (tertiary/aromatic N) is 1. The van der Waals surface area contributed by atoms with Crippen molar-refractivity contribution in [3.05, 3.63) is 35.9 Å². The van der Waals surface area contributed by atoms with Gasteiger partial charge in [-0.3, -0.25) is 9.59 Å². The molecule has 0 radical (unpaired) electrons. The van der Waals surface area contributed by atoms with Crippen molar-refractivity contribution in [2.24, 2.45) is 11.3 Å². The summed E-state index contributed by atoms with van der Waals surface area (Å²) in [7, 11) is 0. The van der Waals surface area contributed by atoms with Crippen molar-refractivity contribution in [3.8, 4) is 0 Å². The van der Waals surface area contributed by atoms with Gasteiger partial charge in [-0.15, -0.1) is 0 Å². The highest BCUT2D eigenvalue weighted by Gasteiger charge is 2.56. The van der Waals surface area contributed by atoms with Gasteiger partial charge in [-0.25, -0.2) is 0 Å². The molecule has 0 bridgehead atoms. The molecule has 3 aliphatic rings. The third kappa shape index (κ3) is 1.96. The molecule has 110 valence electrons. The molecule has 1 aliphatic carbocycles. The number of piperidine rings is 1. The molecular weight excluding hydrogens is 264 g/mol. The van der Waals surface area contributed by atoms with Crippen LogP contribution in [0.25, 0.3) is 0 Å². The summed E-state index contributed by atoms with van der Waals surface area (Å²) in [6.07, 6.45) is 3.68. The Labute approximate surface area is 124 Å². The van der Waals surface area contributed by atoms with Crippen LogP contribution in [0.2, 0.25) is 0 Å². The molecular formula is C17H20N2O2. The van der Waals surface area contributed by atoms with Gasteiger partial charge >= 0.3 is 0 Å². The Kier molecular flexibility index (Phi) is 2.81. The zero-order valence-corrected chi connectivity index (χ0v) is 12.0. The van der Waals surface area contributed by atoms with Gasteiger partial charge in [0.15, 0.2) is 0 Å². The monoisotopic (exact) mass is 284 g/mol. The molecule has 1 spiro atoms. The fourth-order valence-corrected chi connectivity index (χ4v) is 3.74. The summed E-state index contributed by atoms with van der Waals surface area (Å²) in [5.74, 6) is 0.745. The topological polar surface area (TPSA) is 49.4 Å². The fourth-order valence-electron chi connectivity index (χ4n) is 3.74. The lowest BCUT2D eigenvalue weighted by Gasteiger charge is -2.52. The van der Waals surface area contributed by atoms with Crippen LogP contribution in [0.5, 0.6) is 0 Å². The van der Waals surface area contributed by atoms with Crippen molar-refractivity contribution in [3.63, 3.8) is 0 Å². The number of benzene rings is 1. The maximum atomic E-state index is 12.2. The van der Waals surface area contributed by atoms with Crippen LogP contribution in [0.4, 0.5) is 0 Å². The molecule has 1 aromatic carbocycles. The smallest absolute Gasteiger partial charge is 0.229 e. The third-order valence-corrected chi connectivity index (χ3v) is 5.31. The molecule has 4 rings (SSSR count). The highest BCUT2D eigenvalue weighted by molar-refractivity contribution is 5.91. The Morgan fingerprint density at radius 1 is 1.14 bits per heavy atom. The van der Waals surface area contributed by atoms with Gasteiger partial charge in [0.25, 0.3) is 0 Å². The first-order valence-electron chi connectivity index (χ1n) is 7.85. The SMILES string of the molecule is O=C(C1CC1)N1CCC2(CC1)C(=O)NC2c1ccccc1. The average molecular weight is 284 g/mol. The van der Waals surface area contributed by atoms with Crippen LogP contribution in [-0.2, 0) is 9.59 Å². The van der Waals surface area contributed by atoms with Crippen LogP contribution in [0.1, 0.15) is 37.3 Å². The molecule has 1 N–H and O–H groups in total. The number of carbonyl (C=O) groups is 2. The Morgan fingerprint density at radius 3 is 2.38 bits per heavy atom. The van der Waals surface area contributed by atoms with E-state index in [1.807, 2.05) is 23.1 Å². The van der Waals surface area contributed by atoms with E-state index in [-0.39, 0.29) is 23.3 Å². The first kappa shape index (κ1) is 12.9. The molecule has 2 aliphatic heterocycles. The van der Waals surface area contributed by atoms with Gasteiger partial charge in [-0.1, -0.05) is 30.3 Å². The van der Waals surface area contributed by atoms with Crippen molar-refractivity contribution in [1.29, 1.82) is 0 Å². The predicted molar refractivity (Wildman–Crippen MR) is 78.3 cm³/mol. The summed E-state index contributed by atoms with van der Waals surface area (Å²) in [5.41, 5.74) is 0.890. The van der Waals surface area contributed by atoms with Crippen molar-refractivity contribution in [2.75, 3.05) is 13.1 Å². The second-order valence-electron chi connectivity index (χ2n) is 6.57. The lowest BCUT2D eigenvalue weighted by atomic mass is 9.64. The Balaban J connectivity index is 1.49. The van der Waals surface area contributed by atoms with E-state index in [1.54, 1.807) is 0 Å². The quantitative estimate of drug-likeness (QED) is 0.843. The lowest BCUT2D eigenvalue weighted by Crippen LogP contribution is -2.64. The van der Waals surface area contributed by atoms with Crippen LogP contribution >= 0.6 is 0 Å². The van der Waals surface area contributed by atoms with Crippen LogP contribution in [0, 0.1) is 11.3 Å². The zero-order chi connectivity index (χ0) is 14.4. The highest BCUT2D eigenvalue weighted by Crippen LogP contribution is 2.50. The number of rotatable bonds is 2. The average Bonchev–Trinajstić information content (AvgIpc) is 3.37. The summed E-state index contributed by atoms with van der Waals surface area (Å²) >= 11 is 0. The van der Waals surface area contributed by atoms with Gasteiger partial charge in [0.1, 0.15) is 0 Å². The van der Waals surface area contributed by atoms with E-state index < -0.39 is 0 Å². The van der Waals surface area contributed by atoms with Gasteiger partial charge in [0.2, 0.25) is 11.8 Å². The van der Waals surface area contributed by atoms with Crippen LogP contribution < -0.4 is 5.32 Å². The minimum atomic E-state index is -0.290. The number of hydrogen-bond acceptors (Lipinski definition) is 2. The van der Waals surface area contributed by atoms with E-state index >= 15 is 0 Å². The van der Waals surface area contributed by atoms with Crippen molar-refractivity contribution in [2.45, 2.75) is 31.7 Å². The Hall–Kier alpha value is -1.84. The number of likely N-dealkylation sites (tertiary alicyclic amines) is 1. The zero-order valence-electron chi connectivity index (χ0n) is 12.0. The molecule has 2 saturated heterocycles. The number of nitrogens with one attached hydrogen (secondary N) is 1. The molecule has 4 nitrogen and oxygen atoms in total. The molecule has 21 heavy (non-hydrogen) atoms. The summed E-state index contributed by atoms with van der Waals surface area (Å²) in [6.45, 7) is 1.46. The molecule has 2 amide bonds. The summed E-state index contributed by atoms with van der Waals surface area (Å²) in [5, 5.41) is 3.06. The molecule has 1 unspecified atom stereocenters. The van der Waals surface area contributed by atoms with Crippen molar-refractivity contribution in [1.82, 2.24) is 10.2 Å². The minimum absolute atomic E-state index is 0.115. The molecule has 4 heteroatoms. The predicted octanol–water partition coefficient (Wildman–Crippen LogP) is 1.88. The standard InChI is InChI=1S/C17H20N2O2/c20-15(13-6-7-13)19-10-8-17(9-11-19)14(18-16(17)21)12-4-2-1-3-5-12/h1-5,13-14H,6-11H2,(H,18,21). The molecule has 1 atom stereocenters. The van der Waals surface area contributed by atoms with Gasteiger partial charge in [-0.2, -0.15) is 0 Å². The molecule has 3 fully saturated rings. The van der Waals surface area contributed by atoms with E-state index in [0.29, 0.717) is 5.91 Å². The van der Waals surface area contributed by atoms with E-state index in [2.05, 4.69) is 17.4 Å². The van der Waals surface area contributed by atoms with Crippen LogP contribution in [-0.4, -0.2) is 29.8 Å². The molecule has 2 heterocycles. The number of carbonyl (C=O) groups excluding carboxylic acids is 2. The van der Waals surface area contributed by atoms with E-state index in [1.165, 1.54) is 5.56 Å². The van der Waals surface area contributed by atoms with E-state index in [0.717, 1.165) is 38.8 Å². The highest BCUT2D eigenvalue weighted by atomic mass is 16.2. The molecule has 1 aromatic rings. The van der Waals surface area contributed by atoms with E-state index in [9.17, 15) is 9.59 Å². The lowest BCUT2D eigenvalue weighted by molar-refractivity contribution is -0.155. The third-order valence-electron chi connectivity index (χ3n) is 5.31. The first-order chi connectivity index (χ1) is 10.2. The first-order valence-corrected chi connectivity index (χ1v) is 7.85.